The highest BCUT2D eigenvalue weighted by atomic mass is 32.2. The van der Waals surface area contributed by atoms with Gasteiger partial charge in [-0.3, -0.25) is 4.72 Å². The maximum atomic E-state index is 12.4. The number of hydrogen-bond donors (Lipinski definition) is 2. The number of aromatic amines is 1. The lowest BCUT2D eigenvalue weighted by molar-refractivity contribution is -0.212. The molecule has 0 unspecified atom stereocenters. The van der Waals surface area contributed by atoms with Gasteiger partial charge in [-0.05, 0) is 53.1 Å². The molecule has 11 heteroatoms. The molecule has 0 aliphatic carbocycles. The number of benzene rings is 2. The van der Waals surface area contributed by atoms with Crippen LogP contribution in [-0.2, 0) is 10.0 Å². The van der Waals surface area contributed by atoms with E-state index in [-0.39, 0.29) is 16.4 Å². The van der Waals surface area contributed by atoms with Crippen molar-refractivity contribution in [2.45, 2.75) is 4.90 Å². The van der Waals surface area contributed by atoms with Gasteiger partial charge in [0.2, 0.25) is 0 Å². The second kappa shape index (κ2) is 7.19. The van der Waals surface area contributed by atoms with E-state index in [1.54, 1.807) is 24.3 Å². The molecule has 0 bridgehead atoms. The first kappa shape index (κ1) is 17.4. The van der Waals surface area contributed by atoms with Crippen molar-refractivity contribution in [1.29, 1.82) is 0 Å². The van der Waals surface area contributed by atoms with Crippen LogP contribution in [-0.4, -0.2) is 42.0 Å². The second-order valence-corrected chi connectivity index (χ2v) is 6.67. The quantitative estimate of drug-likeness (QED) is 0.471. The summed E-state index contributed by atoms with van der Waals surface area (Å²) in [5.41, 5.74) is 0.580. The normalized spacial score (nSPS) is 12.0. The number of anilines is 1. The fraction of sp³-hybridized carbons (Fsp3) is 0.0667. The smallest absolute Gasteiger partial charge is 0.288 e. The Morgan fingerprint density at radius 1 is 1.15 bits per heavy atom. The number of methoxy groups -OCH3 is 1. The summed E-state index contributed by atoms with van der Waals surface area (Å²) in [6.07, 6.45) is 0. The fourth-order valence-corrected chi connectivity index (χ4v) is 3.07. The molecule has 0 saturated heterocycles. The van der Waals surface area contributed by atoms with Crippen molar-refractivity contribution in [2.24, 2.45) is 4.99 Å². The molecule has 10 nitrogen and oxygen atoms in total. The molecule has 0 amide bonds. The number of H-pyrrole nitrogens is 1. The molecule has 0 fully saturated rings. The number of nitrogens with one attached hydrogen (secondary N) is 2. The van der Waals surface area contributed by atoms with Gasteiger partial charge in [0.1, 0.15) is 5.75 Å². The van der Waals surface area contributed by atoms with Gasteiger partial charge < -0.3 is 9.84 Å². The zero-order valence-electron chi connectivity index (χ0n) is 13.4. The zero-order valence-corrected chi connectivity index (χ0v) is 14.3. The Kier molecular flexibility index (Phi) is 4.80. The number of sulfonamides is 1. The third kappa shape index (κ3) is 3.95. The number of nitrogens with zero attached hydrogens (tertiary/aromatic N) is 4. The Balaban J connectivity index is 1.78. The van der Waals surface area contributed by atoms with E-state index >= 15 is 0 Å². The third-order valence-corrected chi connectivity index (χ3v) is 4.69. The Morgan fingerprint density at radius 2 is 1.85 bits per heavy atom. The third-order valence-electron chi connectivity index (χ3n) is 3.29. The van der Waals surface area contributed by atoms with Crippen molar-refractivity contribution in [3.05, 3.63) is 54.1 Å². The summed E-state index contributed by atoms with van der Waals surface area (Å²) < 4.78 is 32.3. The molecule has 3 rings (SSSR count). The van der Waals surface area contributed by atoms with E-state index < -0.39 is 15.9 Å². The standard InChI is InChI=1S/C15H14N6O4S/c1-25-12-6-4-11(5-7-12)19-26(23,24)13-8-2-10(3-9-13)14(22)16-15-17-20-21-18-15/h2-9,19H,1H3,(H2,16,17,18,20,21,22)/p-1. The van der Waals surface area contributed by atoms with Gasteiger partial charge in [0, 0.05) is 5.69 Å². The molecule has 2 N–H and O–H groups in total. The number of aliphatic imine (C=N–C) groups is 1. The van der Waals surface area contributed by atoms with E-state index in [0.717, 1.165) is 0 Å². The molecule has 134 valence electrons. The first-order valence-electron chi connectivity index (χ1n) is 7.24. The number of tetrazole rings is 1. The SMILES string of the molecule is COc1ccc(NS(=O)(=O)c2ccc(C([O-])=Nc3nn[nH]n3)cc2)cc1. The average Bonchev–Trinajstić information content (AvgIpc) is 3.15. The predicted octanol–water partition coefficient (Wildman–Crippen LogP) is 0.448. The number of ether oxygens (including phenoxy) is 1. The topological polar surface area (TPSA) is 145 Å². The van der Waals surface area contributed by atoms with E-state index in [4.69, 9.17) is 4.74 Å². The molecular weight excluding hydrogens is 360 g/mol. The molecule has 1 aromatic heterocycles. The van der Waals surface area contributed by atoms with Crippen LogP contribution < -0.4 is 14.6 Å². The van der Waals surface area contributed by atoms with Gasteiger partial charge in [-0.1, -0.05) is 17.2 Å². The summed E-state index contributed by atoms with van der Waals surface area (Å²) in [5, 5.41) is 24.5. The van der Waals surface area contributed by atoms with Gasteiger partial charge in [0.25, 0.3) is 16.0 Å². The van der Waals surface area contributed by atoms with Crippen LogP contribution in [0.15, 0.2) is 58.4 Å². The van der Waals surface area contributed by atoms with E-state index in [1.165, 1.54) is 31.4 Å². The van der Waals surface area contributed by atoms with Crippen molar-refractivity contribution >= 4 is 27.6 Å². The lowest BCUT2D eigenvalue weighted by Crippen LogP contribution is -2.19. The summed E-state index contributed by atoms with van der Waals surface area (Å²) in [6, 6.07) is 11.8. The van der Waals surface area contributed by atoms with Gasteiger partial charge in [-0.2, -0.15) is 5.21 Å². The fourth-order valence-electron chi connectivity index (χ4n) is 2.01. The van der Waals surface area contributed by atoms with E-state index in [2.05, 4.69) is 30.3 Å². The van der Waals surface area contributed by atoms with Crippen LogP contribution in [0.2, 0.25) is 0 Å². The first-order valence-corrected chi connectivity index (χ1v) is 8.73. The summed E-state index contributed by atoms with van der Waals surface area (Å²) in [7, 11) is -2.28. The molecule has 2 aromatic carbocycles. The lowest BCUT2D eigenvalue weighted by atomic mass is 10.2. The van der Waals surface area contributed by atoms with E-state index in [9.17, 15) is 13.5 Å². The molecule has 1 heterocycles. The first-order chi connectivity index (χ1) is 12.5. The summed E-state index contributed by atoms with van der Waals surface area (Å²) in [6.45, 7) is 0. The molecule has 0 aliphatic rings. The molecule has 0 atom stereocenters. The Bertz CT molecular complexity index is 999. The van der Waals surface area contributed by atoms with E-state index in [0.29, 0.717) is 11.4 Å². The highest BCUT2D eigenvalue weighted by molar-refractivity contribution is 7.92. The average molecular weight is 373 g/mol. The summed E-state index contributed by atoms with van der Waals surface area (Å²) >= 11 is 0. The van der Waals surface area contributed by atoms with Crippen LogP contribution in [0.1, 0.15) is 5.56 Å². The Labute approximate surface area is 148 Å². The van der Waals surface area contributed by atoms with Crippen LogP contribution in [0, 0.1) is 0 Å². The minimum Gasteiger partial charge on any atom is -0.858 e. The van der Waals surface area contributed by atoms with Crippen LogP contribution in [0.5, 0.6) is 5.75 Å². The highest BCUT2D eigenvalue weighted by Gasteiger charge is 2.14. The van der Waals surface area contributed by atoms with Crippen molar-refractivity contribution in [3.63, 3.8) is 0 Å². The van der Waals surface area contributed by atoms with Crippen molar-refractivity contribution < 1.29 is 18.3 Å². The molecule has 0 radical (unpaired) electrons. The number of hydrogen-bond acceptors (Lipinski definition) is 8. The minimum absolute atomic E-state index is 0.00410. The summed E-state index contributed by atoms with van der Waals surface area (Å²) in [5.74, 6) is -0.104. The van der Waals surface area contributed by atoms with Gasteiger partial charge in [0.15, 0.2) is 0 Å². The van der Waals surface area contributed by atoms with Gasteiger partial charge in [-0.15, -0.1) is 5.10 Å². The van der Waals surface area contributed by atoms with Crippen molar-refractivity contribution in [3.8, 4) is 5.75 Å². The zero-order chi connectivity index (χ0) is 18.6. The van der Waals surface area contributed by atoms with Crippen LogP contribution in [0.25, 0.3) is 0 Å². The molecule has 0 saturated carbocycles. The molecule has 0 aliphatic heterocycles. The Morgan fingerprint density at radius 3 is 2.42 bits per heavy atom. The van der Waals surface area contributed by atoms with Gasteiger partial charge in [-0.25, -0.2) is 13.4 Å². The minimum atomic E-state index is -3.80. The largest absolute Gasteiger partial charge is 0.858 e. The van der Waals surface area contributed by atoms with Crippen LogP contribution >= 0.6 is 0 Å². The van der Waals surface area contributed by atoms with E-state index in [1.807, 2.05) is 0 Å². The molecule has 3 aromatic rings. The van der Waals surface area contributed by atoms with Crippen molar-refractivity contribution in [1.82, 2.24) is 20.6 Å². The maximum Gasteiger partial charge on any atom is 0.288 e. The number of aromatic nitrogens is 4. The summed E-state index contributed by atoms with van der Waals surface area (Å²) in [4.78, 5) is 3.64. The Hall–Kier alpha value is -3.47. The molecular formula is C15H13N6O4S-. The maximum absolute atomic E-state index is 12.4. The number of rotatable bonds is 6. The monoisotopic (exact) mass is 373 g/mol. The van der Waals surface area contributed by atoms with Crippen LogP contribution in [0.4, 0.5) is 11.6 Å². The predicted molar refractivity (Wildman–Crippen MR) is 90.6 cm³/mol. The van der Waals surface area contributed by atoms with Crippen molar-refractivity contribution in [2.75, 3.05) is 11.8 Å². The highest BCUT2D eigenvalue weighted by Crippen LogP contribution is 2.19. The molecule has 26 heavy (non-hydrogen) atoms. The van der Waals surface area contributed by atoms with Crippen LogP contribution in [0.3, 0.4) is 0 Å². The molecule has 0 spiro atoms. The second-order valence-electron chi connectivity index (χ2n) is 4.99. The lowest BCUT2D eigenvalue weighted by Gasteiger charge is -2.12. The van der Waals surface area contributed by atoms with Gasteiger partial charge >= 0.3 is 0 Å². The van der Waals surface area contributed by atoms with Gasteiger partial charge in [0.05, 0.1) is 12.0 Å².